The second-order valence-corrected chi connectivity index (χ2v) is 6.68. The molecule has 0 aliphatic heterocycles. The summed E-state index contributed by atoms with van der Waals surface area (Å²) < 4.78 is 13.1. The van der Waals surface area contributed by atoms with E-state index in [9.17, 15) is 4.39 Å². The van der Waals surface area contributed by atoms with Gasteiger partial charge in [0.1, 0.15) is 5.82 Å². The van der Waals surface area contributed by atoms with Crippen LogP contribution in [0, 0.1) is 11.2 Å². The van der Waals surface area contributed by atoms with E-state index in [1.165, 1.54) is 50.7 Å². The van der Waals surface area contributed by atoms with Crippen LogP contribution in [-0.4, -0.2) is 12.6 Å². The van der Waals surface area contributed by atoms with Crippen LogP contribution in [0.2, 0.25) is 5.02 Å². The van der Waals surface area contributed by atoms with Gasteiger partial charge in [0, 0.05) is 17.6 Å². The maximum absolute atomic E-state index is 13.1. The minimum absolute atomic E-state index is 0.245. The van der Waals surface area contributed by atoms with Gasteiger partial charge in [0.25, 0.3) is 0 Å². The molecule has 0 atom stereocenters. The predicted molar refractivity (Wildman–Crippen MR) is 77.0 cm³/mol. The quantitative estimate of drug-likeness (QED) is 0.847. The first-order valence-corrected chi connectivity index (χ1v) is 7.72. The molecule has 1 aromatic rings. The third kappa shape index (κ3) is 3.29. The van der Waals surface area contributed by atoms with Crippen LogP contribution in [0.4, 0.5) is 4.39 Å². The summed E-state index contributed by atoms with van der Waals surface area (Å²) in [7, 11) is 0. The Labute approximate surface area is 119 Å². The first-order chi connectivity index (χ1) is 9.17. The van der Waals surface area contributed by atoms with Gasteiger partial charge in [-0.2, -0.15) is 0 Å². The molecule has 19 heavy (non-hydrogen) atoms. The Morgan fingerprint density at radius 3 is 2.63 bits per heavy atom. The maximum Gasteiger partial charge on any atom is 0.124 e. The molecule has 2 saturated carbocycles. The number of halogens is 2. The van der Waals surface area contributed by atoms with Crippen molar-refractivity contribution in [2.75, 3.05) is 6.54 Å². The maximum atomic E-state index is 13.1. The molecule has 2 aliphatic carbocycles. The summed E-state index contributed by atoms with van der Waals surface area (Å²) in [5.41, 5.74) is 1.44. The minimum Gasteiger partial charge on any atom is -0.313 e. The van der Waals surface area contributed by atoms with Crippen LogP contribution >= 0.6 is 11.6 Å². The van der Waals surface area contributed by atoms with Crippen molar-refractivity contribution < 1.29 is 4.39 Å². The van der Waals surface area contributed by atoms with E-state index in [-0.39, 0.29) is 5.82 Å². The largest absolute Gasteiger partial charge is 0.313 e. The van der Waals surface area contributed by atoms with Crippen molar-refractivity contribution in [2.24, 2.45) is 5.41 Å². The average Bonchev–Trinajstić information content (AvgIpc) is 3.11. The number of benzene rings is 1. The van der Waals surface area contributed by atoms with E-state index >= 15 is 0 Å². The standard InChI is InChI=1S/C16H21ClFN/c17-15-9-13(18)4-3-12(15)10-16(7-1-2-8-16)11-19-14-5-6-14/h3-4,9,14,19H,1-2,5-8,10-11H2. The van der Waals surface area contributed by atoms with Gasteiger partial charge in [-0.15, -0.1) is 0 Å². The van der Waals surface area contributed by atoms with Crippen molar-refractivity contribution >= 4 is 11.6 Å². The molecular weight excluding hydrogens is 261 g/mol. The Morgan fingerprint density at radius 2 is 2.00 bits per heavy atom. The van der Waals surface area contributed by atoms with Crippen molar-refractivity contribution in [3.63, 3.8) is 0 Å². The minimum atomic E-state index is -0.245. The van der Waals surface area contributed by atoms with Crippen molar-refractivity contribution in [1.82, 2.24) is 5.32 Å². The number of rotatable bonds is 5. The summed E-state index contributed by atoms with van der Waals surface area (Å²) in [5, 5.41) is 4.25. The molecule has 0 heterocycles. The Hall–Kier alpha value is -0.600. The zero-order valence-corrected chi connectivity index (χ0v) is 12.0. The van der Waals surface area contributed by atoms with Crippen LogP contribution in [0.5, 0.6) is 0 Å². The molecule has 1 aromatic carbocycles. The van der Waals surface area contributed by atoms with Crippen molar-refractivity contribution in [2.45, 2.75) is 51.0 Å². The lowest BCUT2D eigenvalue weighted by Gasteiger charge is -2.30. The second kappa shape index (κ2) is 5.41. The van der Waals surface area contributed by atoms with Gasteiger partial charge in [-0.1, -0.05) is 30.5 Å². The number of hydrogen-bond donors (Lipinski definition) is 1. The molecule has 2 fully saturated rings. The summed E-state index contributed by atoms with van der Waals surface area (Å²) in [4.78, 5) is 0. The molecule has 3 heteroatoms. The lowest BCUT2D eigenvalue weighted by atomic mass is 9.80. The van der Waals surface area contributed by atoms with Gasteiger partial charge >= 0.3 is 0 Å². The van der Waals surface area contributed by atoms with E-state index < -0.39 is 0 Å². The third-order valence-electron chi connectivity index (χ3n) is 4.59. The Balaban J connectivity index is 1.72. The van der Waals surface area contributed by atoms with Crippen LogP contribution in [0.1, 0.15) is 44.1 Å². The van der Waals surface area contributed by atoms with Gasteiger partial charge in [-0.25, -0.2) is 4.39 Å². The molecule has 0 unspecified atom stereocenters. The van der Waals surface area contributed by atoms with Crippen LogP contribution in [0.15, 0.2) is 18.2 Å². The second-order valence-electron chi connectivity index (χ2n) is 6.27. The van der Waals surface area contributed by atoms with E-state index in [2.05, 4.69) is 5.32 Å². The van der Waals surface area contributed by atoms with Gasteiger partial charge < -0.3 is 5.32 Å². The first kappa shape index (κ1) is 13.4. The molecular formula is C16H21ClFN. The zero-order chi connectivity index (χ0) is 13.3. The van der Waals surface area contributed by atoms with Crippen LogP contribution in [0.25, 0.3) is 0 Å². The fourth-order valence-electron chi connectivity index (χ4n) is 3.26. The van der Waals surface area contributed by atoms with Gasteiger partial charge in [0.2, 0.25) is 0 Å². The molecule has 0 spiro atoms. The molecule has 0 amide bonds. The van der Waals surface area contributed by atoms with E-state index in [1.807, 2.05) is 6.07 Å². The Bertz CT molecular complexity index is 450. The molecule has 0 radical (unpaired) electrons. The summed E-state index contributed by atoms with van der Waals surface area (Å²) in [6, 6.07) is 5.57. The van der Waals surface area contributed by atoms with E-state index in [0.717, 1.165) is 24.6 Å². The predicted octanol–water partition coefficient (Wildman–Crippen LogP) is 4.33. The molecule has 1 N–H and O–H groups in total. The highest BCUT2D eigenvalue weighted by atomic mass is 35.5. The van der Waals surface area contributed by atoms with Crippen LogP contribution in [0.3, 0.4) is 0 Å². The molecule has 3 rings (SSSR count). The number of hydrogen-bond acceptors (Lipinski definition) is 1. The Morgan fingerprint density at radius 1 is 1.26 bits per heavy atom. The van der Waals surface area contributed by atoms with Gasteiger partial charge in [0.15, 0.2) is 0 Å². The smallest absolute Gasteiger partial charge is 0.124 e. The van der Waals surface area contributed by atoms with Crippen LogP contribution < -0.4 is 5.32 Å². The highest BCUT2D eigenvalue weighted by molar-refractivity contribution is 6.31. The molecule has 0 saturated heterocycles. The lowest BCUT2D eigenvalue weighted by molar-refractivity contribution is 0.276. The lowest BCUT2D eigenvalue weighted by Crippen LogP contribution is -2.35. The summed E-state index contributed by atoms with van der Waals surface area (Å²) in [6.45, 7) is 1.09. The fraction of sp³-hybridized carbons (Fsp3) is 0.625. The Kier molecular flexibility index (Phi) is 3.81. The SMILES string of the molecule is Fc1ccc(CC2(CNC3CC3)CCCC2)c(Cl)c1. The molecule has 2 aliphatic rings. The molecule has 0 aromatic heterocycles. The van der Waals surface area contributed by atoms with Gasteiger partial charge in [-0.3, -0.25) is 0 Å². The third-order valence-corrected chi connectivity index (χ3v) is 4.94. The normalized spacial score (nSPS) is 21.8. The summed E-state index contributed by atoms with van der Waals surface area (Å²) >= 11 is 6.18. The monoisotopic (exact) mass is 281 g/mol. The molecule has 1 nitrogen and oxygen atoms in total. The summed E-state index contributed by atoms with van der Waals surface area (Å²) in [6.07, 6.45) is 8.78. The highest BCUT2D eigenvalue weighted by Gasteiger charge is 2.36. The van der Waals surface area contributed by atoms with Gasteiger partial charge in [-0.05, 0) is 55.2 Å². The summed E-state index contributed by atoms with van der Waals surface area (Å²) in [5.74, 6) is -0.245. The van der Waals surface area contributed by atoms with Crippen LogP contribution in [-0.2, 0) is 6.42 Å². The first-order valence-electron chi connectivity index (χ1n) is 7.34. The average molecular weight is 282 g/mol. The van der Waals surface area contributed by atoms with E-state index in [1.54, 1.807) is 0 Å². The van der Waals surface area contributed by atoms with E-state index in [0.29, 0.717) is 10.4 Å². The molecule has 0 bridgehead atoms. The van der Waals surface area contributed by atoms with Crippen molar-refractivity contribution in [3.8, 4) is 0 Å². The van der Waals surface area contributed by atoms with Gasteiger partial charge in [0.05, 0.1) is 0 Å². The van der Waals surface area contributed by atoms with E-state index in [4.69, 9.17) is 11.6 Å². The van der Waals surface area contributed by atoms with Crippen molar-refractivity contribution in [1.29, 1.82) is 0 Å². The van der Waals surface area contributed by atoms with Crippen molar-refractivity contribution in [3.05, 3.63) is 34.6 Å². The zero-order valence-electron chi connectivity index (χ0n) is 11.2. The number of nitrogens with one attached hydrogen (secondary N) is 1. The molecule has 104 valence electrons. The fourth-order valence-corrected chi connectivity index (χ4v) is 3.49. The topological polar surface area (TPSA) is 12.0 Å². The highest BCUT2D eigenvalue weighted by Crippen LogP contribution is 2.42.